The molecule has 2 aliphatic heterocycles. The van der Waals surface area contributed by atoms with Gasteiger partial charge in [0.25, 0.3) is 0 Å². The summed E-state index contributed by atoms with van der Waals surface area (Å²) in [6.07, 6.45) is 12.7. The van der Waals surface area contributed by atoms with Crippen LogP contribution in [0.25, 0.3) is 0 Å². The van der Waals surface area contributed by atoms with Crippen molar-refractivity contribution in [2.45, 2.75) is 155 Å². The van der Waals surface area contributed by atoms with Gasteiger partial charge in [-0.1, -0.05) is 65.7 Å². The Morgan fingerprint density at radius 3 is 1.73 bits per heavy atom. The van der Waals surface area contributed by atoms with Gasteiger partial charge in [0, 0.05) is 6.61 Å². The SMILES string of the molecule is CCCCCC(C)OC(C1COC(CCCCC)O1)C(OCC)C1COC(CCCCC)O1. The molecule has 2 fully saturated rings. The number of unbranched alkanes of at least 4 members (excludes halogenated alkanes) is 6. The summed E-state index contributed by atoms with van der Waals surface area (Å²) in [6, 6.07) is 0. The predicted octanol–water partition coefficient (Wildman–Crippen LogP) is 6.39. The summed E-state index contributed by atoms with van der Waals surface area (Å²) < 4.78 is 37.6. The van der Waals surface area contributed by atoms with Crippen molar-refractivity contribution in [1.82, 2.24) is 0 Å². The first-order valence-electron chi connectivity index (χ1n) is 13.9. The van der Waals surface area contributed by atoms with E-state index in [2.05, 4.69) is 27.7 Å². The summed E-state index contributed by atoms with van der Waals surface area (Å²) >= 11 is 0. The average molecular weight is 473 g/mol. The van der Waals surface area contributed by atoms with Gasteiger partial charge in [0.05, 0.1) is 19.3 Å². The molecule has 196 valence electrons. The second kappa shape index (κ2) is 17.2. The molecule has 7 unspecified atom stereocenters. The highest BCUT2D eigenvalue weighted by atomic mass is 16.7. The zero-order valence-electron chi connectivity index (χ0n) is 22.1. The molecule has 0 radical (unpaired) electrons. The van der Waals surface area contributed by atoms with E-state index in [1.807, 2.05) is 6.92 Å². The lowest BCUT2D eigenvalue weighted by Gasteiger charge is -2.35. The number of ether oxygens (including phenoxy) is 6. The number of rotatable bonds is 19. The van der Waals surface area contributed by atoms with E-state index in [0.717, 1.165) is 32.1 Å². The van der Waals surface area contributed by atoms with E-state index in [0.29, 0.717) is 19.8 Å². The van der Waals surface area contributed by atoms with Crippen LogP contribution in [0.2, 0.25) is 0 Å². The molecule has 2 rings (SSSR count). The Morgan fingerprint density at radius 2 is 1.21 bits per heavy atom. The van der Waals surface area contributed by atoms with Crippen LogP contribution in [0.5, 0.6) is 0 Å². The smallest absolute Gasteiger partial charge is 0.158 e. The second-order valence-corrected chi connectivity index (χ2v) is 9.69. The maximum atomic E-state index is 6.65. The van der Waals surface area contributed by atoms with E-state index < -0.39 is 0 Å². The van der Waals surface area contributed by atoms with Crippen LogP contribution in [0.3, 0.4) is 0 Å². The van der Waals surface area contributed by atoms with Crippen molar-refractivity contribution < 1.29 is 28.4 Å². The zero-order chi connectivity index (χ0) is 23.9. The van der Waals surface area contributed by atoms with Gasteiger partial charge >= 0.3 is 0 Å². The van der Waals surface area contributed by atoms with Crippen molar-refractivity contribution in [1.29, 1.82) is 0 Å². The lowest BCUT2D eigenvalue weighted by atomic mass is 10.0. The third-order valence-corrected chi connectivity index (χ3v) is 6.65. The van der Waals surface area contributed by atoms with Crippen molar-refractivity contribution in [3.63, 3.8) is 0 Å². The molecule has 6 heteroatoms. The molecule has 0 amide bonds. The highest BCUT2D eigenvalue weighted by Crippen LogP contribution is 2.30. The minimum absolute atomic E-state index is 0.134. The molecule has 2 heterocycles. The molecule has 0 aliphatic carbocycles. The van der Waals surface area contributed by atoms with Gasteiger partial charge in [-0.2, -0.15) is 0 Å². The van der Waals surface area contributed by atoms with Gasteiger partial charge in [0.2, 0.25) is 0 Å². The normalized spacial score (nSPS) is 28.3. The molecule has 2 saturated heterocycles. The quantitative estimate of drug-likeness (QED) is 0.203. The van der Waals surface area contributed by atoms with Crippen LogP contribution in [-0.2, 0) is 28.4 Å². The maximum absolute atomic E-state index is 6.65. The Labute approximate surface area is 203 Å². The zero-order valence-corrected chi connectivity index (χ0v) is 22.1. The van der Waals surface area contributed by atoms with Gasteiger partial charge in [-0.25, -0.2) is 0 Å². The number of hydrogen-bond acceptors (Lipinski definition) is 6. The third-order valence-electron chi connectivity index (χ3n) is 6.65. The van der Waals surface area contributed by atoms with Crippen LogP contribution in [-0.4, -0.2) is 62.9 Å². The summed E-state index contributed by atoms with van der Waals surface area (Å²) in [5, 5.41) is 0. The maximum Gasteiger partial charge on any atom is 0.158 e. The van der Waals surface area contributed by atoms with Gasteiger partial charge in [-0.15, -0.1) is 0 Å². The minimum atomic E-state index is -0.235. The summed E-state index contributed by atoms with van der Waals surface area (Å²) in [4.78, 5) is 0. The summed E-state index contributed by atoms with van der Waals surface area (Å²) in [6.45, 7) is 12.5. The molecule has 0 aromatic heterocycles. The first kappa shape index (κ1) is 29.0. The second-order valence-electron chi connectivity index (χ2n) is 9.69. The lowest BCUT2D eigenvalue weighted by Crippen LogP contribution is -2.51. The van der Waals surface area contributed by atoms with Gasteiger partial charge in [-0.3, -0.25) is 0 Å². The highest BCUT2D eigenvalue weighted by Gasteiger charge is 2.45. The Hall–Kier alpha value is -0.240. The predicted molar refractivity (Wildman–Crippen MR) is 131 cm³/mol. The third kappa shape index (κ3) is 10.5. The van der Waals surface area contributed by atoms with E-state index in [9.17, 15) is 0 Å². The van der Waals surface area contributed by atoms with Crippen LogP contribution < -0.4 is 0 Å². The van der Waals surface area contributed by atoms with Crippen LogP contribution in [0.4, 0.5) is 0 Å². The molecule has 0 aromatic rings. The van der Waals surface area contributed by atoms with E-state index in [4.69, 9.17) is 28.4 Å². The molecule has 7 atom stereocenters. The van der Waals surface area contributed by atoms with Crippen molar-refractivity contribution in [2.75, 3.05) is 19.8 Å². The monoisotopic (exact) mass is 472 g/mol. The molecular formula is C27H52O6. The van der Waals surface area contributed by atoms with Crippen LogP contribution in [0.1, 0.15) is 112 Å². The first-order chi connectivity index (χ1) is 16.1. The van der Waals surface area contributed by atoms with E-state index in [-0.39, 0.29) is 43.1 Å². The fraction of sp³-hybridized carbons (Fsp3) is 1.00. The van der Waals surface area contributed by atoms with Gasteiger partial charge in [0.1, 0.15) is 24.4 Å². The van der Waals surface area contributed by atoms with Crippen molar-refractivity contribution in [2.24, 2.45) is 0 Å². The fourth-order valence-electron chi connectivity index (χ4n) is 4.72. The fourth-order valence-corrected chi connectivity index (χ4v) is 4.72. The Bertz CT molecular complexity index is 476. The molecular weight excluding hydrogens is 420 g/mol. The van der Waals surface area contributed by atoms with Gasteiger partial charge in [-0.05, 0) is 46.0 Å². The molecule has 2 aliphatic rings. The van der Waals surface area contributed by atoms with Crippen molar-refractivity contribution in [3.05, 3.63) is 0 Å². The minimum Gasteiger partial charge on any atom is -0.373 e. The molecule has 33 heavy (non-hydrogen) atoms. The van der Waals surface area contributed by atoms with Crippen molar-refractivity contribution >= 4 is 0 Å². The standard InChI is InChI=1S/C27H52O6/c1-6-10-13-16-21(5)31-27(23-20-30-25(33-23)18-15-12-8-3)26(28-9-4)22-19-29-24(32-22)17-14-11-7-2/h21-27H,6-20H2,1-5H3. The molecule has 0 N–H and O–H groups in total. The lowest BCUT2D eigenvalue weighted by molar-refractivity contribution is -0.187. The van der Waals surface area contributed by atoms with E-state index in [1.165, 1.54) is 44.9 Å². The largest absolute Gasteiger partial charge is 0.373 e. The summed E-state index contributed by atoms with van der Waals surface area (Å²) in [5.41, 5.74) is 0. The van der Waals surface area contributed by atoms with E-state index >= 15 is 0 Å². The first-order valence-corrected chi connectivity index (χ1v) is 13.9. The highest BCUT2D eigenvalue weighted by molar-refractivity contribution is 4.90. The molecule has 0 aromatic carbocycles. The molecule has 0 saturated carbocycles. The van der Waals surface area contributed by atoms with Gasteiger partial charge < -0.3 is 28.4 Å². The molecule has 0 spiro atoms. The van der Waals surface area contributed by atoms with Crippen LogP contribution in [0.15, 0.2) is 0 Å². The molecule has 0 bridgehead atoms. The molecule has 6 nitrogen and oxygen atoms in total. The van der Waals surface area contributed by atoms with Crippen molar-refractivity contribution in [3.8, 4) is 0 Å². The van der Waals surface area contributed by atoms with Crippen LogP contribution >= 0.6 is 0 Å². The number of hydrogen-bond donors (Lipinski definition) is 0. The Kier molecular flexibility index (Phi) is 15.1. The Morgan fingerprint density at radius 1 is 0.697 bits per heavy atom. The average Bonchev–Trinajstić information content (AvgIpc) is 3.47. The summed E-state index contributed by atoms with van der Waals surface area (Å²) in [5.74, 6) is 0. The topological polar surface area (TPSA) is 55.4 Å². The summed E-state index contributed by atoms with van der Waals surface area (Å²) in [7, 11) is 0. The Balaban J connectivity index is 2.03. The van der Waals surface area contributed by atoms with Gasteiger partial charge in [0.15, 0.2) is 12.6 Å². The van der Waals surface area contributed by atoms with E-state index in [1.54, 1.807) is 0 Å². The van der Waals surface area contributed by atoms with Crippen LogP contribution in [0, 0.1) is 0 Å².